The Bertz CT molecular complexity index is 1280. The van der Waals surface area contributed by atoms with Crippen molar-refractivity contribution in [2.24, 2.45) is 0 Å². The van der Waals surface area contributed by atoms with Gasteiger partial charge in [-0.15, -0.1) is 11.3 Å². The Hall–Kier alpha value is -3.42. The van der Waals surface area contributed by atoms with Crippen LogP contribution in [-0.4, -0.2) is 21.8 Å². The number of benzene rings is 2. The molecule has 5 rings (SSSR count). The molecule has 1 N–H and O–H groups in total. The normalized spacial score (nSPS) is 16.6. The number of hydrogen-bond acceptors (Lipinski definition) is 6. The van der Waals surface area contributed by atoms with Gasteiger partial charge in [-0.25, -0.2) is 4.98 Å². The van der Waals surface area contributed by atoms with Crippen LogP contribution in [0.4, 0.5) is 5.13 Å². The van der Waals surface area contributed by atoms with Crippen LogP contribution in [-0.2, 0) is 4.79 Å². The monoisotopic (exact) mass is 436 g/mol. The lowest BCUT2D eigenvalue weighted by Gasteiger charge is -2.24. The first-order valence-electron chi connectivity index (χ1n) is 8.99. The second-order valence-corrected chi connectivity index (χ2v) is 7.99. The van der Waals surface area contributed by atoms with Crippen LogP contribution in [0.15, 0.2) is 81.9 Å². The predicted octanol–water partition coefficient (Wildman–Crippen LogP) is 5.33. The van der Waals surface area contributed by atoms with Crippen molar-refractivity contribution >= 4 is 50.7 Å². The van der Waals surface area contributed by atoms with Crippen molar-refractivity contribution < 1.29 is 19.1 Å². The topological polar surface area (TPSA) is 83.6 Å². The van der Waals surface area contributed by atoms with Gasteiger partial charge < -0.3 is 9.52 Å². The number of anilines is 1. The Morgan fingerprint density at radius 3 is 2.63 bits per heavy atom. The maximum atomic E-state index is 13.4. The largest absolute Gasteiger partial charge is 0.503 e. The number of Topliss-reactive ketones (excluding diaryl/α,β-unsaturated/α-hetero) is 1. The average molecular weight is 437 g/mol. The highest BCUT2D eigenvalue weighted by Crippen LogP contribution is 2.43. The fourth-order valence-corrected chi connectivity index (χ4v) is 4.35. The van der Waals surface area contributed by atoms with Gasteiger partial charge in [0.25, 0.3) is 5.91 Å². The first kappa shape index (κ1) is 18.6. The Balaban J connectivity index is 1.66. The van der Waals surface area contributed by atoms with Crippen LogP contribution >= 0.6 is 22.9 Å². The molecule has 0 spiro atoms. The summed E-state index contributed by atoms with van der Waals surface area (Å²) in [6.07, 6.45) is 1.56. The lowest BCUT2D eigenvalue weighted by atomic mass is 9.95. The zero-order chi connectivity index (χ0) is 20.8. The third-order valence-electron chi connectivity index (χ3n) is 4.91. The highest BCUT2D eigenvalue weighted by molar-refractivity contribution is 7.13. The molecule has 0 saturated carbocycles. The minimum absolute atomic E-state index is 0.0468. The molecule has 1 atom stereocenters. The summed E-state index contributed by atoms with van der Waals surface area (Å²) in [6.45, 7) is 0. The van der Waals surface area contributed by atoms with Crippen molar-refractivity contribution in [2.45, 2.75) is 6.04 Å². The second kappa shape index (κ2) is 7.12. The molecular weight excluding hydrogens is 424 g/mol. The zero-order valence-corrected chi connectivity index (χ0v) is 16.9. The van der Waals surface area contributed by atoms with Crippen molar-refractivity contribution in [3.05, 3.63) is 93.9 Å². The number of aliphatic hydroxyl groups is 1. The number of carbonyl (C=O) groups excluding carboxylic acids is 2. The van der Waals surface area contributed by atoms with Crippen LogP contribution in [0.25, 0.3) is 11.0 Å². The fraction of sp³-hybridized carbons (Fsp3) is 0.0455. The fourth-order valence-electron chi connectivity index (χ4n) is 3.56. The highest BCUT2D eigenvalue weighted by Gasteiger charge is 2.46. The molecule has 30 heavy (non-hydrogen) atoms. The Kier molecular flexibility index (Phi) is 4.42. The zero-order valence-electron chi connectivity index (χ0n) is 15.3. The molecule has 0 saturated heterocycles. The van der Waals surface area contributed by atoms with E-state index in [4.69, 9.17) is 16.0 Å². The molecule has 1 aliphatic heterocycles. The maximum absolute atomic E-state index is 13.4. The molecule has 8 heteroatoms. The van der Waals surface area contributed by atoms with Gasteiger partial charge in [-0.2, -0.15) is 0 Å². The molecule has 0 aliphatic carbocycles. The van der Waals surface area contributed by atoms with Gasteiger partial charge in [-0.05, 0) is 29.8 Å². The number of ketones is 1. The molecular formula is C22H13ClN2O4S. The second-order valence-electron chi connectivity index (χ2n) is 6.68. The molecule has 0 radical (unpaired) electrons. The number of carbonyl (C=O) groups is 2. The van der Waals surface area contributed by atoms with Gasteiger partial charge in [-0.1, -0.05) is 41.9 Å². The van der Waals surface area contributed by atoms with Crippen LogP contribution in [0.2, 0.25) is 5.02 Å². The number of aromatic nitrogens is 1. The van der Waals surface area contributed by atoms with Crippen molar-refractivity contribution in [2.75, 3.05) is 4.90 Å². The number of aliphatic hydroxyl groups excluding tert-OH is 1. The summed E-state index contributed by atoms with van der Waals surface area (Å²) in [7, 11) is 0. The molecule has 0 unspecified atom stereocenters. The van der Waals surface area contributed by atoms with Crippen LogP contribution in [0.5, 0.6) is 0 Å². The maximum Gasteiger partial charge on any atom is 0.296 e. The van der Waals surface area contributed by atoms with Gasteiger partial charge >= 0.3 is 0 Å². The summed E-state index contributed by atoms with van der Waals surface area (Å²) in [5.74, 6) is -1.82. The summed E-state index contributed by atoms with van der Waals surface area (Å²) in [4.78, 5) is 31.9. The number of halogens is 1. The van der Waals surface area contributed by atoms with Gasteiger partial charge in [-0.3, -0.25) is 14.5 Å². The summed E-state index contributed by atoms with van der Waals surface area (Å²) in [5.41, 5.74) is 1.10. The average Bonchev–Trinajstić information content (AvgIpc) is 3.47. The number of thiazole rings is 1. The van der Waals surface area contributed by atoms with E-state index in [0.717, 1.165) is 5.39 Å². The molecule has 0 fully saturated rings. The Labute approximate surface area is 179 Å². The van der Waals surface area contributed by atoms with E-state index in [-0.39, 0.29) is 11.3 Å². The summed E-state index contributed by atoms with van der Waals surface area (Å²) < 4.78 is 5.70. The Morgan fingerprint density at radius 2 is 1.93 bits per heavy atom. The van der Waals surface area contributed by atoms with Gasteiger partial charge in [0.05, 0.1) is 11.6 Å². The molecule has 3 heterocycles. The number of fused-ring (bicyclic) bond motifs is 1. The minimum Gasteiger partial charge on any atom is -0.503 e. The van der Waals surface area contributed by atoms with E-state index >= 15 is 0 Å². The van der Waals surface area contributed by atoms with E-state index < -0.39 is 23.5 Å². The third-order valence-corrected chi connectivity index (χ3v) is 5.94. The standard InChI is InChI=1S/C22H13ClN2O4S/c23-14-7-5-12(6-8-14)18-17(20(27)21(28)25(18)22-24-9-10-30-22)19(26)16-11-13-3-1-2-4-15(13)29-16/h1-11,18,27H/t18-/m1/s1. The molecule has 2 aromatic heterocycles. The number of nitrogens with zero attached hydrogens (tertiary/aromatic N) is 2. The van der Waals surface area contributed by atoms with Crippen LogP contribution in [0.1, 0.15) is 22.2 Å². The molecule has 2 aromatic carbocycles. The molecule has 148 valence electrons. The van der Waals surface area contributed by atoms with Crippen LogP contribution < -0.4 is 4.90 Å². The molecule has 4 aromatic rings. The van der Waals surface area contributed by atoms with E-state index in [0.29, 0.717) is 21.3 Å². The first-order valence-corrected chi connectivity index (χ1v) is 10.3. The molecule has 6 nitrogen and oxygen atoms in total. The SMILES string of the molecule is O=C(C1=C(O)C(=O)N(c2nccs2)[C@@H]1c1ccc(Cl)cc1)c1cc2ccccc2o1. The van der Waals surface area contributed by atoms with Crippen molar-refractivity contribution in [1.29, 1.82) is 0 Å². The van der Waals surface area contributed by atoms with Crippen LogP contribution in [0, 0.1) is 0 Å². The number of para-hydroxylation sites is 1. The smallest absolute Gasteiger partial charge is 0.296 e. The lowest BCUT2D eigenvalue weighted by Crippen LogP contribution is -2.30. The number of rotatable bonds is 4. The van der Waals surface area contributed by atoms with Crippen molar-refractivity contribution in [3.63, 3.8) is 0 Å². The van der Waals surface area contributed by atoms with Crippen molar-refractivity contribution in [1.82, 2.24) is 4.98 Å². The quantitative estimate of drug-likeness (QED) is 0.437. The van der Waals surface area contributed by atoms with Gasteiger partial charge in [0.2, 0.25) is 5.78 Å². The highest BCUT2D eigenvalue weighted by atomic mass is 35.5. The van der Waals surface area contributed by atoms with Gasteiger partial charge in [0, 0.05) is 22.0 Å². The van der Waals surface area contributed by atoms with E-state index in [1.54, 1.807) is 54.0 Å². The van der Waals surface area contributed by atoms with Crippen LogP contribution in [0.3, 0.4) is 0 Å². The number of hydrogen-bond donors (Lipinski definition) is 1. The van der Waals surface area contributed by atoms with E-state index in [1.807, 2.05) is 12.1 Å². The van der Waals surface area contributed by atoms with Crippen molar-refractivity contribution in [3.8, 4) is 0 Å². The van der Waals surface area contributed by atoms with E-state index in [1.165, 1.54) is 16.2 Å². The minimum atomic E-state index is -0.860. The summed E-state index contributed by atoms with van der Waals surface area (Å²) >= 11 is 7.25. The molecule has 0 bridgehead atoms. The number of amides is 1. The van der Waals surface area contributed by atoms with Gasteiger partial charge in [0.15, 0.2) is 16.7 Å². The lowest BCUT2D eigenvalue weighted by molar-refractivity contribution is -0.117. The van der Waals surface area contributed by atoms with E-state index in [9.17, 15) is 14.7 Å². The van der Waals surface area contributed by atoms with Gasteiger partial charge in [0.1, 0.15) is 5.58 Å². The molecule has 1 amide bonds. The molecule has 1 aliphatic rings. The number of furan rings is 1. The first-order chi connectivity index (χ1) is 14.5. The Morgan fingerprint density at radius 1 is 1.17 bits per heavy atom. The predicted molar refractivity (Wildman–Crippen MR) is 114 cm³/mol. The summed E-state index contributed by atoms with van der Waals surface area (Å²) in [5, 5.41) is 14.1. The summed E-state index contributed by atoms with van der Waals surface area (Å²) in [6, 6.07) is 14.7. The van der Waals surface area contributed by atoms with E-state index in [2.05, 4.69) is 4.98 Å². The third kappa shape index (κ3) is 2.91.